The number of likely N-dealkylation sites (tertiary alicyclic amines) is 1. The quantitative estimate of drug-likeness (QED) is 0.836. The minimum Gasteiger partial charge on any atom is -0.472 e. The van der Waals surface area contributed by atoms with E-state index in [1.54, 1.807) is 17.4 Å². The maximum Gasteiger partial charge on any atom is 0.254 e. The highest BCUT2D eigenvalue weighted by Gasteiger charge is 2.37. The lowest BCUT2D eigenvalue weighted by Crippen LogP contribution is -2.42. The average molecular weight is 347 g/mol. The number of hydrogen-bond acceptors (Lipinski definition) is 5. The van der Waals surface area contributed by atoms with Crippen LogP contribution in [0.3, 0.4) is 0 Å². The van der Waals surface area contributed by atoms with E-state index in [1.165, 1.54) is 17.4 Å². The molecule has 0 bridgehead atoms. The maximum absolute atomic E-state index is 12.4. The molecular weight excluding hydrogens is 326 g/mol. The fraction of sp³-hybridized carbons (Fsp3) is 0.412. The van der Waals surface area contributed by atoms with Crippen molar-refractivity contribution in [1.29, 1.82) is 0 Å². The Bertz CT molecular complexity index is 669. The Morgan fingerprint density at radius 1 is 1.42 bits per heavy atom. The van der Waals surface area contributed by atoms with E-state index in [-0.39, 0.29) is 23.9 Å². The lowest BCUT2D eigenvalue weighted by molar-refractivity contribution is -0.125. The van der Waals surface area contributed by atoms with Gasteiger partial charge in [-0.2, -0.15) is 0 Å². The molecule has 1 saturated heterocycles. The summed E-state index contributed by atoms with van der Waals surface area (Å²) in [4.78, 5) is 27.9. The Hall–Kier alpha value is -2.12. The van der Waals surface area contributed by atoms with Crippen molar-refractivity contribution in [3.8, 4) is 0 Å². The van der Waals surface area contributed by atoms with Crippen molar-refractivity contribution >= 4 is 23.2 Å². The lowest BCUT2D eigenvalue weighted by atomic mass is 10.1. The first-order chi connectivity index (χ1) is 11.7. The summed E-state index contributed by atoms with van der Waals surface area (Å²) in [5.41, 5.74) is 0.501. The molecule has 1 fully saturated rings. The van der Waals surface area contributed by atoms with E-state index in [1.807, 2.05) is 18.4 Å². The molecule has 2 amide bonds. The molecule has 3 rings (SSSR count). The van der Waals surface area contributed by atoms with Crippen LogP contribution in [0.15, 0.2) is 40.5 Å². The van der Waals surface area contributed by atoms with Crippen LogP contribution in [-0.2, 0) is 11.3 Å². The van der Waals surface area contributed by atoms with Crippen molar-refractivity contribution < 1.29 is 14.0 Å². The summed E-state index contributed by atoms with van der Waals surface area (Å²) < 4.78 is 4.95. The fourth-order valence-electron chi connectivity index (χ4n) is 3.01. The van der Waals surface area contributed by atoms with Gasteiger partial charge in [0.2, 0.25) is 5.91 Å². The summed E-state index contributed by atoms with van der Waals surface area (Å²) in [6.45, 7) is 3.89. The minimum absolute atomic E-state index is 0.0223. The third kappa shape index (κ3) is 3.85. The SMILES string of the molecule is CCNC(=O)[C@@H]1C[C@H](NC(=O)c2ccoc2)CN1Cc1cccs1. The highest BCUT2D eigenvalue weighted by molar-refractivity contribution is 7.09. The van der Waals surface area contributed by atoms with Crippen LogP contribution in [-0.4, -0.2) is 41.9 Å². The first kappa shape index (κ1) is 16.7. The van der Waals surface area contributed by atoms with Crippen LogP contribution >= 0.6 is 11.3 Å². The highest BCUT2D eigenvalue weighted by atomic mass is 32.1. The van der Waals surface area contributed by atoms with Crippen molar-refractivity contribution in [3.05, 3.63) is 46.5 Å². The van der Waals surface area contributed by atoms with E-state index in [2.05, 4.69) is 21.6 Å². The van der Waals surface area contributed by atoms with E-state index in [9.17, 15) is 9.59 Å². The number of amides is 2. The van der Waals surface area contributed by atoms with Crippen molar-refractivity contribution in [2.75, 3.05) is 13.1 Å². The fourth-order valence-corrected chi connectivity index (χ4v) is 3.74. The Balaban J connectivity index is 1.67. The minimum atomic E-state index is -0.221. The lowest BCUT2D eigenvalue weighted by Gasteiger charge is -2.22. The summed E-state index contributed by atoms with van der Waals surface area (Å²) in [5.74, 6) is -0.143. The van der Waals surface area contributed by atoms with Crippen LogP contribution in [0, 0.1) is 0 Å². The van der Waals surface area contributed by atoms with Crippen LogP contribution < -0.4 is 10.6 Å². The number of likely N-dealkylation sites (N-methyl/N-ethyl adjacent to an activating group) is 1. The van der Waals surface area contributed by atoms with Crippen LogP contribution in [0.2, 0.25) is 0 Å². The van der Waals surface area contributed by atoms with Crippen LogP contribution in [0.25, 0.3) is 0 Å². The highest BCUT2D eigenvalue weighted by Crippen LogP contribution is 2.23. The second kappa shape index (κ2) is 7.63. The van der Waals surface area contributed by atoms with E-state index in [4.69, 9.17) is 4.42 Å². The number of nitrogens with one attached hydrogen (secondary N) is 2. The summed E-state index contributed by atoms with van der Waals surface area (Å²) in [6, 6.07) is 5.43. The molecule has 3 heterocycles. The van der Waals surface area contributed by atoms with Gasteiger partial charge in [0.1, 0.15) is 6.26 Å². The van der Waals surface area contributed by atoms with Gasteiger partial charge in [-0.15, -0.1) is 11.3 Å². The van der Waals surface area contributed by atoms with Crippen LogP contribution in [0.5, 0.6) is 0 Å². The van der Waals surface area contributed by atoms with Crippen molar-refractivity contribution in [1.82, 2.24) is 15.5 Å². The average Bonchev–Trinajstić information content (AvgIpc) is 3.29. The number of thiophene rings is 1. The van der Waals surface area contributed by atoms with Gasteiger partial charge in [-0.1, -0.05) is 6.07 Å². The summed E-state index contributed by atoms with van der Waals surface area (Å²) in [6.07, 6.45) is 3.51. The first-order valence-corrected chi connectivity index (χ1v) is 8.92. The molecule has 0 aromatic carbocycles. The first-order valence-electron chi connectivity index (χ1n) is 8.04. The second-order valence-corrected chi connectivity index (χ2v) is 6.87. The third-order valence-electron chi connectivity index (χ3n) is 4.11. The van der Waals surface area contributed by atoms with Gasteiger partial charge >= 0.3 is 0 Å². The molecule has 0 spiro atoms. The Labute approximate surface area is 144 Å². The predicted molar refractivity (Wildman–Crippen MR) is 91.8 cm³/mol. The largest absolute Gasteiger partial charge is 0.472 e. The van der Waals surface area contributed by atoms with E-state index < -0.39 is 0 Å². The Kier molecular flexibility index (Phi) is 5.32. The monoisotopic (exact) mass is 347 g/mol. The molecular formula is C17H21N3O3S. The molecule has 7 heteroatoms. The van der Waals surface area contributed by atoms with Crippen LogP contribution in [0.4, 0.5) is 0 Å². The van der Waals surface area contributed by atoms with Gasteiger partial charge in [0.05, 0.1) is 17.9 Å². The number of furan rings is 1. The standard InChI is InChI=1S/C17H21N3O3S/c1-2-18-17(22)15-8-13(19-16(21)12-5-6-23-11-12)9-20(15)10-14-4-3-7-24-14/h3-7,11,13,15H,2,8-10H2,1H3,(H,18,22)(H,19,21)/t13-,15-/m0/s1. The van der Waals surface area contributed by atoms with Gasteiger partial charge < -0.3 is 15.1 Å². The molecule has 24 heavy (non-hydrogen) atoms. The number of nitrogens with zero attached hydrogens (tertiary/aromatic N) is 1. The van der Waals surface area contributed by atoms with Crippen LogP contribution in [0.1, 0.15) is 28.6 Å². The molecule has 0 radical (unpaired) electrons. The van der Waals surface area contributed by atoms with Gasteiger partial charge in [-0.05, 0) is 30.9 Å². The molecule has 1 aliphatic rings. The topological polar surface area (TPSA) is 74.6 Å². The van der Waals surface area contributed by atoms with E-state index in [0.717, 1.165) is 6.54 Å². The molecule has 0 saturated carbocycles. The van der Waals surface area contributed by atoms with Gasteiger partial charge in [0.25, 0.3) is 5.91 Å². The molecule has 2 aromatic heterocycles. The number of hydrogen-bond donors (Lipinski definition) is 2. The molecule has 0 unspecified atom stereocenters. The third-order valence-corrected chi connectivity index (χ3v) is 4.98. The van der Waals surface area contributed by atoms with Gasteiger partial charge in [-0.3, -0.25) is 14.5 Å². The van der Waals surface area contributed by atoms with Crippen molar-refractivity contribution in [2.24, 2.45) is 0 Å². The molecule has 2 N–H and O–H groups in total. The molecule has 1 aliphatic heterocycles. The Morgan fingerprint density at radius 3 is 2.96 bits per heavy atom. The number of rotatable bonds is 6. The zero-order valence-electron chi connectivity index (χ0n) is 13.5. The van der Waals surface area contributed by atoms with Gasteiger partial charge in [0, 0.05) is 30.6 Å². The molecule has 6 nitrogen and oxygen atoms in total. The number of carbonyl (C=O) groups excluding carboxylic acids is 2. The Morgan fingerprint density at radius 2 is 2.29 bits per heavy atom. The van der Waals surface area contributed by atoms with E-state index in [0.29, 0.717) is 25.1 Å². The molecule has 0 aliphatic carbocycles. The normalized spacial score (nSPS) is 20.9. The maximum atomic E-state index is 12.4. The zero-order chi connectivity index (χ0) is 16.9. The molecule has 2 aromatic rings. The van der Waals surface area contributed by atoms with E-state index >= 15 is 0 Å². The smallest absolute Gasteiger partial charge is 0.254 e. The summed E-state index contributed by atoms with van der Waals surface area (Å²) in [7, 11) is 0. The van der Waals surface area contributed by atoms with Crippen molar-refractivity contribution in [3.63, 3.8) is 0 Å². The predicted octanol–water partition coefficient (Wildman–Crippen LogP) is 1.85. The van der Waals surface area contributed by atoms with Crippen molar-refractivity contribution in [2.45, 2.75) is 32.0 Å². The van der Waals surface area contributed by atoms with Gasteiger partial charge in [-0.25, -0.2) is 0 Å². The molecule has 128 valence electrons. The summed E-state index contributed by atoms with van der Waals surface area (Å²) >= 11 is 1.68. The molecule has 2 atom stereocenters. The zero-order valence-corrected chi connectivity index (χ0v) is 14.3. The van der Waals surface area contributed by atoms with Gasteiger partial charge in [0.15, 0.2) is 0 Å². The summed E-state index contributed by atoms with van der Waals surface area (Å²) in [5, 5.41) is 7.93. The second-order valence-electron chi connectivity index (χ2n) is 5.84. The number of carbonyl (C=O) groups is 2.